The van der Waals surface area contributed by atoms with Crippen LogP contribution in [-0.4, -0.2) is 0 Å². The van der Waals surface area contributed by atoms with Crippen LogP contribution in [0.3, 0.4) is 0 Å². The summed E-state index contributed by atoms with van der Waals surface area (Å²) in [5, 5.41) is 8.32. The largest absolute Gasteiger partial charge is 0.0622 e. The number of hydrogen-bond donors (Lipinski definition) is 0. The topological polar surface area (TPSA) is 0 Å². The normalized spacial score (nSPS) is 25.5. The molecule has 0 aliphatic heterocycles. The Kier molecular flexibility index (Phi) is 5.10. The Balaban J connectivity index is 1.30. The molecule has 0 radical (unpaired) electrons. The summed E-state index contributed by atoms with van der Waals surface area (Å²) in [6, 6.07) is 51.0. The third-order valence-corrected chi connectivity index (χ3v) is 12.8. The van der Waals surface area contributed by atoms with Crippen molar-refractivity contribution in [3.8, 4) is 33.4 Å². The lowest BCUT2D eigenvalue weighted by Crippen LogP contribution is -2.55. The lowest BCUT2D eigenvalue weighted by molar-refractivity contribution is -0.0391. The number of rotatable bonds is 2. The molecule has 4 saturated carbocycles. The Morgan fingerprint density at radius 1 is 0.370 bits per heavy atom. The van der Waals surface area contributed by atoms with E-state index in [1.807, 2.05) is 0 Å². The molecule has 7 aromatic rings. The minimum Gasteiger partial charge on any atom is -0.0622 e. The highest BCUT2D eigenvalue weighted by Gasteiger charge is 2.62. The summed E-state index contributed by atoms with van der Waals surface area (Å²) in [7, 11) is 0. The van der Waals surface area contributed by atoms with Crippen LogP contribution in [0.25, 0.3) is 65.7 Å². The van der Waals surface area contributed by atoms with E-state index in [1.54, 1.807) is 11.1 Å². The van der Waals surface area contributed by atoms with Gasteiger partial charge in [0.15, 0.2) is 0 Å². The molecule has 0 amide bonds. The molecule has 5 aliphatic carbocycles. The highest BCUT2D eigenvalue weighted by molar-refractivity contribution is 6.22. The summed E-state index contributed by atoms with van der Waals surface area (Å²) in [4.78, 5) is 0. The molecule has 5 aliphatic rings. The molecule has 0 nitrogen and oxygen atoms in total. The lowest BCUT2D eigenvalue weighted by atomic mass is 9.42. The van der Waals surface area contributed by atoms with Gasteiger partial charge in [-0.15, -0.1) is 0 Å². The molecule has 4 bridgehead atoms. The van der Waals surface area contributed by atoms with Gasteiger partial charge in [-0.05, 0) is 133 Å². The zero-order valence-electron chi connectivity index (χ0n) is 26.0. The zero-order chi connectivity index (χ0) is 30.0. The van der Waals surface area contributed by atoms with Crippen LogP contribution in [0, 0.1) is 23.7 Å². The van der Waals surface area contributed by atoms with Gasteiger partial charge in [0.1, 0.15) is 0 Å². The SMILES string of the molecule is c1ccc(-c2c3ccccc3c(-c3cccc4c3C3(c5c-4ccc4ccccc54)C4CC5CC(C4)CC3C5)c3ccccc23)cc1. The Morgan fingerprint density at radius 2 is 0.891 bits per heavy atom. The molecule has 46 heavy (non-hydrogen) atoms. The Bertz CT molecular complexity index is 2290. The molecule has 12 rings (SSSR count). The molecular weight excluding hydrogens is 553 g/mol. The van der Waals surface area contributed by atoms with Gasteiger partial charge in [-0.1, -0.05) is 133 Å². The molecule has 0 unspecified atom stereocenters. The van der Waals surface area contributed by atoms with Gasteiger partial charge in [-0.2, -0.15) is 0 Å². The highest BCUT2D eigenvalue weighted by atomic mass is 14.7. The van der Waals surface area contributed by atoms with Gasteiger partial charge in [-0.3, -0.25) is 0 Å². The van der Waals surface area contributed by atoms with Gasteiger partial charge in [0, 0.05) is 5.41 Å². The number of hydrogen-bond acceptors (Lipinski definition) is 0. The van der Waals surface area contributed by atoms with Crippen LogP contribution in [0.2, 0.25) is 0 Å². The Hall–Kier alpha value is -4.68. The lowest BCUT2D eigenvalue weighted by Gasteiger charge is -2.61. The second-order valence-electron chi connectivity index (χ2n) is 14.8. The average molecular weight is 589 g/mol. The van der Waals surface area contributed by atoms with Crippen molar-refractivity contribution in [1.29, 1.82) is 0 Å². The maximum Gasteiger partial charge on any atom is 0.0284 e. The third kappa shape index (κ3) is 3.15. The van der Waals surface area contributed by atoms with Crippen molar-refractivity contribution in [1.82, 2.24) is 0 Å². The molecule has 1 spiro atoms. The van der Waals surface area contributed by atoms with E-state index in [2.05, 4.69) is 133 Å². The van der Waals surface area contributed by atoms with Gasteiger partial charge >= 0.3 is 0 Å². The summed E-state index contributed by atoms with van der Waals surface area (Å²) in [5.74, 6) is 3.23. The molecule has 0 saturated heterocycles. The Labute approximate surface area is 270 Å². The molecular formula is C46H36. The summed E-state index contributed by atoms with van der Waals surface area (Å²) in [6.07, 6.45) is 7.02. The monoisotopic (exact) mass is 588 g/mol. The van der Waals surface area contributed by atoms with E-state index in [0.717, 1.165) is 11.8 Å². The first-order valence-electron chi connectivity index (χ1n) is 17.5. The van der Waals surface area contributed by atoms with E-state index in [1.165, 1.54) is 97.8 Å². The minimum atomic E-state index is 0.0653. The van der Waals surface area contributed by atoms with Gasteiger partial charge in [0.05, 0.1) is 0 Å². The van der Waals surface area contributed by atoms with E-state index < -0.39 is 0 Å². The first-order valence-corrected chi connectivity index (χ1v) is 17.5. The molecule has 0 atom stereocenters. The van der Waals surface area contributed by atoms with Crippen molar-refractivity contribution in [3.05, 3.63) is 145 Å². The molecule has 0 aromatic heterocycles. The van der Waals surface area contributed by atoms with Crippen molar-refractivity contribution in [2.24, 2.45) is 23.7 Å². The van der Waals surface area contributed by atoms with Crippen LogP contribution < -0.4 is 0 Å². The van der Waals surface area contributed by atoms with E-state index in [-0.39, 0.29) is 5.41 Å². The summed E-state index contributed by atoms with van der Waals surface area (Å²) in [6.45, 7) is 0. The van der Waals surface area contributed by atoms with Gasteiger partial charge < -0.3 is 0 Å². The number of fused-ring (bicyclic) bond motifs is 7. The van der Waals surface area contributed by atoms with E-state index in [4.69, 9.17) is 0 Å². The molecule has 0 heteroatoms. The van der Waals surface area contributed by atoms with Crippen molar-refractivity contribution in [3.63, 3.8) is 0 Å². The van der Waals surface area contributed by atoms with Crippen LogP contribution in [0.1, 0.15) is 43.2 Å². The average Bonchev–Trinajstić information content (AvgIpc) is 3.41. The Morgan fingerprint density at radius 3 is 1.54 bits per heavy atom. The van der Waals surface area contributed by atoms with Crippen LogP contribution in [0.15, 0.2) is 133 Å². The highest BCUT2D eigenvalue weighted by Crippen LogP contribution is 2.71. The standard InChI is InChI=1S/C46H36/c1-2-12-31(13-3-1)42-35-15-6-8-17-37(35)43(38-18-9-7-16-36(38)42)41-20-10-19-39-40-22-21-30-11-4-5-14-34(30)44(40)46(45(39)41)32-24-28-23-29(26-32)27-33(46)25-28/h1-22,28-29,32-33H,23-27H2. The minimum absolute atomic E-state index is 0.0653. The van der Waals surface area contributed by atoms with Gasteiger partial charge in [0.25, 0.3) is 0 Å². The summed E-state index contributed by atoms with van der Waals surface area (Å²) in [5.41, 5.74) is 11.9. The first kappa shape index (κ1) is 25.5. The van der Waals surface area contributed by atoms with Crippen molar-refractivity contribution < 1.29 is 0 Å². The fourth-order valence-electron chi connectivity index (χ4n) is 11.6. The molecule has 220 valence electrons. The van der Waals surface area contributed by atoms with Crippen molar-refractivity contribution >= 4 is 32.3 Å². The van der Waals surface area contributed by atoms with E-state index in [9.17, 15) is 0 Å². The van der Waals surface area contributed by atoms with Crippen LogP contribution in [0.4, 0.5) is 0 Å². The summed E-state index contributed by atoms with van der Waals surface area (Å²) >= 11 is 0. The predicted octanol–water partition coefficient (Wildman–Crippen LogP) is 12.2. The van der Waals surface area contributed by atoms with Crippen molar-refractivity contribution in [2.45, 2.75) is 37.5 Å². The molecule has 4 fully saturated rings. The predicted molar refractivity (Wildman–Crippen MR) is 193 cm³/mol. The van der Waals surface area contributed by atoms with Crippen LogP contribution in [-0.2, 0) is 5.41 Å². The second kappa shape index (κ2) is 9.20. The van der Waals surface area contributed by atoms with Gasteiger partial charge in [-0.25, -0.2) is 0 Å². The zero-order valence-corrected chi connectivity index (χ0v) is 26.0. The van der Waals surface area contributed by atoms with Gasteiger partial charge in [0.2, 0.25) is 0 Å². The maximum atomic E-state index is 2.50. The quantitative estimate of drug-likeness (QED) is 0.176. The van der Waals surface area contributed by atoms with Crippen LogP contribution in [0.5, 0.6) is 0 Å². The first-order chi connectivity index (χ1) is 22.8. The summed E-state index contributed by atoms with van der Waals surface area (Å²) < 4.78 is 0. The van der Waals surface area contributed by atoms with E-state index >= 15 is 0 Å². The number of benzene rings is 7. The third-order valence-electron chi connectivity index (χ3n) is 12.8. The smallest absolute Gasteiger partial charge is 0.0284 e. The fourth-order valence-corrected chi connectivity index (χ4v) is 11.6. The fraction of sp³-hybridized carbons (Fsp3) is 0.217. The molecule has 7 aromatic carbocycles. The van der Waals surface area contributed by atoms with E-state index in [0.29, 0.717) is 11.8 Å². The van der Waals surface area contributed by atoms with Crippen molar-refractivity contribution in [2.75, 3.05) is 0 Å². The molecule has 0 heterocycles. The maximum absolute atomic E-state index is 2.50. The van der Waals surface area contributed by atoms with Crippen LogP contribution >= 0.6 is 0 Å². The second-order valence-corrected chi connectivity index (χ2v) is 14.8. The molecule has 0 N–H and O–H groups in total.